The van der Waals surface area contributed by atoms with Gasteiger partial charge in [-0.1, -0.05) is 54.1 Å². The number of nitrogens with zero attached hydrogens (tertiary/aromatic N) is 1. The van der Waals surface area contributed by atoms with Crippen molar-refractivity contribution >= 4 is 18.1 Å². The molecular weight excluding hydrogens is 371 g/mol. The van der Waals surface area contributed by atoms with Crippen LogP contribution in [0.15, 0.2) is 77.9 Å². The largest absolute Gasteiger partial charge is 0.423 e. The molecule has 0 bridgehead atoms. The molecule has 29 heavy (non-hydrogen) atoms. The minimum absolute atomic E-state index is 0.144. The molecule has 0 aliphatic heterocycles. The van der Waals surface area contributed by atoms with Crippen molar-refractivity contribution in [3.05, 3.63) is 101 Å². The topological polar surface area (TPSA) is 67.8 Å². The second-order valence-corrected chi connectivity index (χ2v) is 6.40. The Kier molecular flexibility index (Phi) is 6.47. The van der Waals surface area contributed by atoms with E-state index in [1.165, 1.54) is 24.4 Å². The third kappa shape index (κ3) is 5.84. The van der Waals surface area contributed by atoms with Crippen molar-refractivity contribution in [1.29, 1.82) is 0 Å². The van der Waals surface area contributed by atoms with Crippen LogP contribution in [0.4, 0.5) is 4.39 Å². The summed E-state index contributed by atoms with van der Waals surface area (Å²) in [5.74, 6) is -1.43. The molecule has 0 aliphatic carbocycles. The molecular formula is C23H19FN2O3. The molecule has 1 N–H and O–H groups in total. The molecule has 0 saturated carbocycles. The van der Waals surface area contributed by atoms with Gasteiger partial charge in [0.2, 0.25) is 5.91 Å². The van der Waals surface area contributed by atoms with Crippen molar-refractivity contribution < 1.29 is 18.7 Å². The number of amides is 1. The molecule has 3 aromatic carbocycles. The number of halogens is 1. The lowest BCUT2D eigenvalue weighted by Crippen LogP contribution is -2.19. The van der Waals surface area contributed by atoms with Crippen LogP contribution in [0.1, 0.15) is 27.0 Å². The average molecular weight is 390 g/mol. The van der Waals surface area contributed by atoms with Gasteiger partial charge in [-0.15, -0.1) is 0 Å². The van der Waals surface area contributed by atoms with Gasteiger partial charge >= 0.3 is 5.97 Å². The van der Waals surface area contributed by atoms with Gasteiger partial charge in [0.05, 0.1) is 18.2 Å². The maximum atomic E-state index is 13.7. The second-order valence-electron chi connectivity index (χ2n) is 6.40. The first-order valence-electron chi connectivity index (χ1n) is 8.95. The Morgan fingerprint density at radius 2 is 1.79 bits per heavy atom. The van der Waals surface area contributed by atoms with Gasteiger partial charge in [0.15, 0.2) is 0 Å². The molecule has 6 heteroatoms. The van der Waals surface area contributed by atoms with Gasteiger partial charge in [-0.05, 0) is 42.3 Å². The Balaban J connectivity index is 1.57. The highest BCUT2D eigenvalue weighted by Gasteiger charge is 2.13. The summed E-state index contributed by atoms with van der Waals surface area (Å²) in [4.78, 5) is 24.1. The maximum absolute atomic E-state index is 13.7. The van der Waals surface area contributed by atoms with Crippen LogP contribution >= 0.6 is 0 Å². The fraction of sp³-hybridized carbons (Fsp3) is 0.0870. The van der Waals surface area contributed by atoms with E-state index in [0.717, 1.165) is 11.1 Å². The molecule has 0 atom stereocenters. The molecule has 0 fully saturated rings. The highest BCUT2D eigenvalue weighted by molar-refractivity contribution is 5.91. The van der Waals surface area contributed by atoms with E-state index in [9.17, 15) is 14.0 Å². The average Bonchev–Trinajstić information content (AvgIpc) is 2.70. The first kappa shape index (κ1) is 19.9. The molecule has 0 heterocycles. The number of rotatable bonds is 6. The van der Waals surface area contributed by atoms with Gasteiger partial charge in [-0.2, -0.15) is 5.10 Å². The van der Waals surface area contributed by atoms with Gasteiger partial charge in [-0.25, -0.2) is 14.6 Å². The minimum atomic E-state index is -0.788. The van der Waals surface area contributed by atoms with E-state index in [-0.39, 0.29) is 23.6 Å². The number of ether oxygens (including phenoxy) is 1. The van der Waals surface area contributed by atoms with Crippen molar-refractivity contribution in [2.45, 2.75) is 13.3 Å². The lowest BCUT2D eigenvalue weighted by atomic mass is 10.1. The molecule has 3 rings (SSSR count). The van der Waals surface area contributed by atoms with E-state index in [1.54, 1.807) is 30.3 Å². The van der Waals surface area contributed by atoms with Crippen molar-refractivity contribution in [1.82, 2.24) is 5.43 Å². The number of aryl methyl sites for hydroxylation is 1. The Morgan fingerprint density at radius 1 is 1.03 bits per heavy atom. The van der Waals surface area contributed by atoms with E-state index in [0.29, 0.717) is 5.56 Å². The smallest absolute Gasteiger partial charge is 0.346 e. The Bertz CT molecular complexity index is 1050. The summed E-state index contributed by atoms with van der Waals surface area (Å²) >= 11 is 0. The summed E-state index contributed by atoms with van der Waals surface area (Å²) in [6, 6.07) is 19.8. The molecule has 0 saturated heterocycles. The van der Waals surface area contributed by atoms with Gasteiger partial charge in [0.1, 0.15) is 11.6 Å². The molecule has 0 aliphatic rings. The summed E-state index contributed by atoms with van der Waals surface area (Å²) in [5.41, 5.74) is 4.95. The van der Waals surface area contributed by atoms with Gasteiger partial charge < -0.3 is 4.74 Å². The van der Waals surface area contributed by atoms with Crippen LogP contribution in [0.25, 0.3) is 0 Å². The van der Waals surface area contributed by atoms with E-state index in [4.69, 9.17) is 4.74 Å². The molecule has 0 unspecified atom stereocenters. The van der Waals surface area contributed by atoms with Crippen molar-refractivity contribution in [2.24, 2.45) is 5.10 Å². The summed E-state index contributed by atoms with van der Waals surface area (Å²) in [6.07, 6.45) is 1.66. The summed E-state index contributed by atoms with van der Waals surface area (Å²) < 4.78 is 18.9. The third-order valence-corrected chi connectivity index (χ3v) is 4.05. The summed E-state index contributed by atoms with van der Waals surface area (Å²) in [5, 5.41) is 3.92. The first-order valence-corrected chi connectivity index (χ1v) is 8.95. The van der Waals surface area contributed by atoms with Crippen LogP contribution in [0.2, 0.25) is 0 Å². The highest BCUT2D eigenvalue weighted by Crippen LogP contribution is 2.16. The van der Waals surface area contributed by atoms with Crippen LogP contribution in [0, 0.1) is 12.7 Å². The van der Waals surface area contributed by atoms with Crippen LogP contribution in [0.5, 0.6) is 5.75 Å². The number of hydrogen-bond acceptors (Lipinski definition) is 4. The van der Waals surface area contributed by atoms with Gasteiger partial charge in [0, 0.05) is 0 Å². The number of hydrazone groups is 1. The van der Waals surface area contributed by atoms with E-state index in [2.05, 4.69) is 10.5 Å². The molecule has 3 aromatic rings. The quantitative estimate of drug-likeness (QED) is 0.299. The minimum Gasteiger partial charge on any atom is -0.423 e. The normalized spacial score (nSPS) is 10.7. The molecule has 1 amide bonds. The zero-order valence-corrected chi connectivity index (χ0v) is 15.8. The Morgan fingerprint density at radius 3 is 2.55 bits per heavy atom. The maximum Gasteiger partial charge on any atom is 0.346 e. The van der Waals surface area contributed by atoms with E-state index in [1.807, 2.05) is 31.2 Å². The van der Waals surface area contributed by atoms with Crippen LogP contribution < -0.4 is 10.2 Å². The van der Waals surface area contributed by atoms with Gasteiger partial charge in [0.25, 0.3) is 0 Å². The molecule has 146 valence electrons. The predicted octanol–water partition coefficient (Wildman–Crippen LogP) is 4.05. The Hall–Kier alpha value is -3.80. The number of benzene rings is 3. The standard InChI is InChI=1S/C23H19FN2O3/c1-16-9-11-17(12-10-16)14-22(27)26-25-15-18-5-4-6-19(13-18)29-23(28)20-7-2-3-8-21(20)24/h2-13,15H,14H2,1H3,(H,26,27)/b25-15-. The fourth-order valence-electron chi connectivity index (χ4n) is 2.56. The number of carbonyl (C=O) groups excluding carboxylic acids is 2. The highest BCUT2D eigenvalue weighted by atomic mass is 19.1. The van der Waals surface area contributed by atoms with E-state index >= 15 is 0 Å². The molecule has 0 spiro atoms. The lowest BCUT2D eigenvalue weighted by molar-refractivity contribution is -0.120. The zero-order chi connectivity index (χ0) is 20.6. The fourth-order valence-corrected chi connectivity index (χ4v) is 2.56. The summed E-state index contributed by atoms with van der Waals surface area (Å²) in [7, 11) is 0. The van der Waals surface area contributed by atoms with Crippen LogP contribution in [-0.4, -0.2) is 18.1 Å². The second kappa shape index (κ2) is 9.41. The zero-order valence-electron chi connectivity index (χ0n) is 15.8. The Labute approximate surface area is 167 Å². The molecule has 0 aromatic heterocycles. The van der Waals surface area contributed by atoms with Crippen molar-refractivity contribution in [3.63, 3.8) is 0 Å². The third-order valence-electron chi connectivity index (χ3n) is 4.05. The molecule has 5 nitrogen and oxygen atoms in total. The lowest BCUT2D eigenvalue weighted by Gasteiger charge is -2.06. The van der Waals surface area contributed by atoms with Crippen molar-refractivity contribution in [3.8, 4) is 5.75 Å². The number of nitrogens with one attached hydrogen (secondary N) is 1. The van der Waals surface area contributed by atoms with Crippen LogP contribution in [-0.2, 0) is 11.2 Å². The van der Waals surface area contributed by atoms with Crippen molar-refractivity contribution in [2.75, 3.05) is 0 Å². The SMILES string of the molecule is Cc1ccc(CC(=O)N/N=C\c2cccc(OC(=O)c3ccccc3F)c2)cc1. The number of carbonyl (C=O) groups is 2. The van der Waals surface area contributed by atoms with E-state index < -0.39 is 11.8 Å². The molecule has 0 radical (unpaired) electrons. The van der Waals surface area contributed by atoms with Gasteiger partial charge in [-0.3, -0.25) is 4.79 Å². The predicted molar refractivity (Wildman–Crippen MR) is 108 cm³/mol. The first-order chi connectivity index (χ1) is 14.0. The summed E-state index contributed by atoms with van der Waals surface area (Å²) in [6.45, 7) is 1.98. The van der Waals surface area contributed by atoms with Crippen LogP contribution in [0.3, 0.4) is 0 Å². The monoisotopic (exact) mass is 390 g/mol. The number of hydrogen-bond donors (Lipinski definition) is 1. The number of esters is 1.